The Labute approximate surface area is 155 Å². The molecule has 2 unspecified atom stereocenters. The van der Waals surface area contributed by atoms with Crippen molar-refractivity contribution in [1.29, 1.82) is 0 Å². The highest BCUT2D eigenvalue weighted by molar-refractivity contribution is 5.80. The van der Waals surface area contributed by atoms with E-state index in [2.05, 4.69) is 6.92 Å². The van der Waals surface area contributed by atoms with Gasteiger partial charge in [0.1, 0.15) is 0 Å². The van der Waals surface area contributed by atoms with Gasteiger partial charge in [0, 0.05) is 12.5 Å². The van der Waals surface area contributed by atoms with Gasteiger partial charge in [-0.15, -0.1) is 0 Å². The Kier molecular flexibility index (Phi) is 6.89. The molecule has 0 saturated carbocycles. The number of methoxy groups -OCH3 is 2. The van der Waals surface area contributed by atoms with E-state index in [1.807, 2.05) is 19.1 Å². The van der Waals surface area contributed by atoms with Gasteiger partial charge in [-0.25, -0.2) is 0 Å². The Balaban J connectivity index is 2.38. The molecule has 0 radical (unpaired) electrons. The first kappa shape index (κ1) is 20.1. The minimum Gasteiger partial charge on any atom is -0.493 e. The van der Waals surface area contributed by atoms with E-state index in [4.69, 9.17) is 9.47 Å². The Bertz CT molecular complexity index is 658. The molecule has 1 aliphatic heterocycles. The standard InChI is InChI=1S/C20H29NO5/c1-5-6-7-13(2)20(24)21-9-8-14-10-17(25-3)18(26-4)11-15(14)16(21)12-19(22)23/h10-11,13,16H,5-9,12H2,1-4H3,(H,22,23). The Hall–Kier alpha value is -2.24. The Morgan fingerprint density at radius 3 is 2.50 bits per heavy atom. The molecule has 26 heavy (non-hydrogen) atoms. The molecule has 1 aliphatic rings. The summed E-state index contributed by atoms with van der Waals surface area (Å²) in [7, 11) is 3.13. The number of carboxylic acids is 1. The molecule has 0 spiro atoms. The summed E-state index contributed by atoms with van der Waals surface area (Å²) in [6.07, 6.45) is 3.42. The quantitative estimate of drug-likeness (QED) is 0.766. The van der Waals surface area contributed by atoms with Gasteiger partial charge in [0.15, 0.2) is 11.5 Å². The summed E-state index contributed by atoms with van der Waals surface area (Å²) in [5.41, 5.74) is 1.85. The van der Waals surface area contributed by atoms with E-state index in [1.54, 1.807) is 19.1 Å². The molecule has 1 N–H and O–H groups in total. The molecule has 1 heterocycles. The lowest BCUT2D eigenvalue weighted by Gasteiger charge is -2.38. The normalized spacial score (nSPS) is 17.4. The third kappa shape index (κ3) is 4.29. The van der Waals surface area contributed by atoms with Crippen molar-refractivity contribution in [2.24, 2.45) is 5.92 Å². The molecule has 2 atom stereocenters. The summed E-state index contributed by atoms with van der Waals surface area (Å²) < 4.78 is 10.7. The predicted octanol–water partition coefficient (Wildman–Crippen LogP) is 3.43. The molecular weight excluding hydrogens is 334 g/mol. The molecule has 0 aromatic heterocycles. The van der Waals surface area contributed by atoms with Crippen LogP contribution in [0.25, 0.3) is 0 Å². The van der Waals surface area contributed by atoms with Crippen molar-refractivity contribution in [3.05, 3.63) is 23.3 Å². The lowest BCUT2D eigenvalue weighted by molar-refractivity contribution is -0.143. The molecule has 1 amide bonds. The van der Waals surface area contributed by atoms with Crippen LogP contribution in [0.2, 0.25) is 0 Å². The molecule has 6 nitrogen and oxygen atoms in total. The molecule has 0 saturated heterocycles. The highest BCUT2D eigenvalue weighted by atomic mass is 16.5. The van der Waals surface area contributed by atoms with E-state index < -0.39 is 12.0 Å². The average molecular weight is 363 g/mol. The number of fused-ring (bicyclic) bond motifs is 1. The number of ether oxygens (including phenoxy) is 2. The second kappa shape index (κ2) is 8.92. The second-order valence-electron chi connectivity index (χ2n) is 6.84. The van der Waals surface area contributed by atoms with Gasteiger partial charge >= 0.3 is 5.97 Å². The first-order chi connectivity index (χ1) is 12.4. The van der Waals surface area contributed by atoms with E-state index in [1.165, 1.54) is 0 Å². The third-order valence-electron chi connectivity index (χ3n) is 5.07. The van der Waals surface area contributed by atoms with E-state index in [-0.39, 0.29) is 18.2 Å². The fourth-order valence-corrected chi connectivity index (χ4v) is 3.59. The Morgan fingerprint density at radius 1 is 1.27 bits per heavy atom. The number of carbonyl (C=O) groups is 2. The molecule has 0 fully saturated rings. The van der Waals surface area contributed by atoms with E-state index in [0.29, 0.717) is 24.5 Å². The Morgan fingerprint density at radius 2 is 1.92 bits per heavy atom. The number of hydrogen-bond acceptors (Lipinski definition) is 4. The largest absolute Gasteiger partial charge is 0.493 e. The molecule has 0 aliphatic carbocycles. The SMILES string of the molecule is CCCCC(C)C(=O)N1CCc2cc(OC)c(OC)cc2C1CC(=O)O. The number of rotatable bonds is 8. The number of carbonyl (C=O) groups excluding carboxylic acids is 1. The van der Waals surface area contributed by atoms with Crippen LogP contribution in [0.4, 0.5) is 0 Å². The van der Waals surface area contributed by atoms with Crippen LogP contribution in [0, 0.1) is 5.92 Å². The number of unbranched alkanes of at least 4 members (excludes halogenated alkanes) is 1. The molecule has 1 aromatic carbocycles. The van der Waals surface area contributed by atoms with Crippen LogP contribution in [0.1, 0.15) is 56.7 Å². The first-order valence-corrected chi connectivity index (χ1v) is 9.19. The van der Waals surface area contributed by atoms with Crippen LogP contribution in [-0.2, 0) is 16.0 Å². The third-order valence-corrected chi connectivity index (χ3v) is 5.07. The first-order valence-electron chi connectivity index (χ1n) is 9.19. The lowest BCUT2D eigenvalue weighted by Crippen LogP contribution is -2.43. The van der Waals surface area contributed by atoms with Crippen LogP contribution in [-0.4, -0.2) is 42.6 Å². The molecular formula is C20H29NO5. The van der Waals surface area contributed by atoms with Gasteiger partial charge in [-0.2, -0.15) is 0 Å². The monoisotopic (exact) mass is 363 g/mol. The lowest BCUT2D eigenvalue weighted by atomic mass is 9.88. The van der Waals surface area contributed by atoms with Crippen molar-refractivity contribution < 1.29 is 24.2 Å². The van der Waals surface area contributed by atoms with Crippen LogP contribution >= 0.6 is 0 Å². The highest BCUT2D eigenvalue weighted by Crippen LogP contribution is 2.40. The zero-order valence-corrected chi connectivity index (χ0v) is 16.1. The van der Waals surface area contributed by atoms with Crippen molar-refractivity contribution in [2.45, 2.75) is 52.0 Å². The predicted molar refractivity (Wildman–Crippen MR) is 98.6 cm³/mol. The van der Waals surface area contributed by atoms with E-state index in [0.717, 1.165) is 30.4 Å². The number of amides is 1. The van der Waals surface area contributed by atoms with Gasteiger partial charge in [-0.1, -0.05) is 26.7 Å². The summed E-state index contributed by atoms with van der Waals surface area (Å²) in [6, 6.07) is 3.23. The van der Waals surface area contributed by atoms with Gasteiger partial charge in [0.05, 0.1) is 26.7 Å². The van der Waals surface area contributed by atoms with Crippen molar-refractivity contribution >= 4 is 11.9 Å². The summed E-state index contributed by atoms with van der Waals surface area (Å²) >= 11 is 0. The number of benzene rings is 1. The van der Waals surface area contributed by atoms with Gasteiger partial charge in [0.25, 0.3) is 0 Å². The molecule has 2 rings (SSSR count). The fourth-order valence-electron chi connectivity index (χ4n) is 3.59. The van der Waals surface area contributed by atoms with Gasteiger partial charge in [0.2, 0.25) is 5.91 Å². The van der Waals surface area contributed by atoms with E-state index in [9.17, 15) is 14.7 Å². The maximum atomic E-state index is 13.0. The van der Waals surface area contributed by atoms with Crippen molar-refractivity contribution in [3.8, 4) is 11.5 Å². The second-order valence-corrected chi connectivity index (χ2v) is 6.84. The van der Waals surface area contributed by atoms with Crippen LogP contribution in [0.5, 0.6) is 11.5 Å². The zero-order chi connectivity index (χ0) is 19.3. The number of hydrogen-bond donors (Lipinski definition) is 1. The van der Waals surface area contributed by atoms with Crippen LogP contribution in [0.15, 0.2) is 12.1 Å². The maximum Gasteiger partial charge on any atom is 0.305 e. The number of nitrogens with zero attached hydrogens (tertiary/aromatic N) is 1. The van der Waals surface area contributed by atoms with Crippen LogP contribution in [0.3, 0.4) is 0 Å². The molecule has 144 valence electrons. The molecule has 6 heteroatoms. The van der Waals surface area contributed by atoms with Gasteiger partial charge in [-0.3, -0.25) is 9.59 Å². The number of aliphatic carboxylic acids is 1. The molecule has 0 bridgehead atoms. The molecule has 1 aromatic rings. The zero-order valence-electron chi connectivity index (χ0n) is 16.1. The van der Waals surface area contributed by atoms with Gasteiger partial charge in [-0.05, 0) is 36.1 Å². The van der Waals surface area contributed by atoms with Crippen molar-refractivity contribution in [2.75, 3.05) is 20.8 Å². The van der Waals surface area contributed by atoms with Crippen LogP contribution < -0.4 is 9.47 Å². The fraction of sp³-hybridized carbons (Fsp3) is 0.600. The van der Waals surface area contributed by atoms with Crippen molar-refractivity contribution in [1.82, 2.24) is 4.90 Å². The average Bonchev–Trinajstić information content (AvgIpc) is 2.64. The highest BCUT2D eigenvalue weighted by Gasteiger charge is 2.35. The smallest absolute Gasteiger partial charge is 0.305 e. The summed E-state index contributed by atoms with van der Waals surface area (Å²) in [5.74, 6) is 0.182. The summed E-state index contributed by atoms with van der Waals surface area (Å²) in [4.78, 5) is 26.2. The summed E-state index contributed by atoms with van der Waals surface area (Å²) in [5, 5.41) is 9.40. The van der Waals surface area contributed by atoms with Gasteiger partial charge < -0.3 is 19.5 Å². The van der Waals surface area contributed by atoms with Crippen molar-refractivity contribution in [3.63, 3.8) is 0 Å². The number of carboxylic acid groups (broad SMARTS) is 1. The summed E-state index contributed by atoms with van der Waals surface area (Å²) in [6.45, 7) is 4.55. The van der Waals surface area contributed by atoms with E-state index >= 15 is 0 Å². The maximum absolute atomic E-state index is 13.0. The minimum absolute atomic E-state index is 0.0325. The topological polar surface area (TPSA) is 76.1 Å². The minimum atomic E-state index is -0.920.